The van der Waals surface area contributed by atoms with Gasteiger partial charge in [-0.05, 0) is 82.4 Å². The molecule has 0 fully saturated rings. The van der Waals surface area contributed by atoms with Crippen LogP contribution in [0.3, 0.4) is 0 Å². The third-order valence-electron chi connectivity index (χ3n) is 11.2. The van der Waals surface area contributed by atoms with E-state index in [1.165, 1.54) is 69.8 Å². The van der Waals surface area contributed by atoms with Gasteiger partial charge in [0.2, 0.25) is 0 Å². The van der Waals surface area contributed by atoms with Crippen molar-refractivity contribution in [3.8, 4) is 39.1 Å². The quantitative estimate of drug-likeness (QED) is 0.158. The summed E-state index contributed by atoms with van der Waals surface area (Å²) in [6, 6.07) is 79.3. The number of thiophene rings is 1. The van der Waals surface area contributed by atoms with Gasteiger partial charge in [0.1, 0.15) is 0 Å². The fraction of sp³-hybridized carbons (Fsp3) is 0. The van der Waals surface area contributed by atoms with E-state index >= 15 is 0 Å². The van der Waals surface area contributed by atoms with Crippen LogP contribution in [-0.4, -0.2) is 4.57 Å². The Labute approximate surface area is 335 Å². The molecule has 0 amide bonds. The third-order valence-corrected chi connectivity index (χ3v) is 12.4. The first-order valence-corrected chi connectivity index (χ1v) is 20.2. The minimum Gasteiger partial charge on any atom is -0.310 e. The summed E-state index contributed by atoms with van der Waals surface area (Å²) >= 11 is 1.88. The fourth-order valence-electron chi connectivity index (χ4n) is 8.55. The number of nitrogens with zero attached hydrogens (tertiary/aromatic N) is 2. The van der Waals surface area contributed by atoms with Crippen molar-refractivity contribution in [3.05, 3.63) is 218 Å². The van der Waals surface area contributed by atoms with Crippen molar-refractivity contribution in [3.63, 3.8) is 0 Å². The van der Waals surface area contributed by atoms with Gasteiger partial charge in [-0.3, -0.25) is 0 Å². The molecule has 2 aromatic heterocycles. The van der Waals surface area contributed by atoms with E-state index in [4.69, 9.17) is 0 Å². The van der Waals surface area contributed by atoms with E-state index in [2.05, 4.69) is 228 Å². The van der Waals surface area contributed by atoms with Gasteiger partial charge in [-0.1, -0.05) is 164 Å². The van der Waals surface area contributed by atoms with Crippen molar-refractivity contribution in [2.75, 3.05) is 4.90 Å². The molecule has 0 N–H and O–H groups in total. The van der Waals surface area contributed by atoms with Gasteiger partial charge in [-0.2, -0.15) is 0 Å². The topological polar surface area (TPSA) is 8.17 Å². The molecule has 3 heteroatoms. The summed E-state index contributed by atoms with van der Waals surface area (Å²) in [5.41, 5.74) is 14.0. The van der Waals surface area contributed by atoms with Crippen LogP contribution in [0.5, 0.6) is 0 Å². The maximum atomic E-state index is 2.45. The first-order chi connectivity index (χ1) is 28.3. The summed E-state index contributed by atoms with van der Waals surface area (Å²) in [6.07, 6.45) is 0. The fourth-order valence-corrected chi connectivity index (χ4v) is 9.79. The van der Waals surface area contributed by atoms with Gasteiger partial charge in [-0.25, -0.2) is 0 Å². The Morgan fingerprint density at radius 3 is 1.79 bits per heavy atom. The molecule has 0 aliphatic heterocycles. The van der Waals surface area contributed by atoms with E-state index in [9.17, 15) is 0 Å². The lowest BCUT2D eigenvalue weighted by atomic mass is 10.0. The Hall–Kier alpha value is -7.20. The molecule has 0 bridgehead atoms. The average Bonchev–Trinajstić information content (AvgIpc) is 3.83. The van der Waals surface area contributed by atoms with Crippen LogP contribution in [0.15, 0.2) is 218 Å². The summed E-state index contributed by atoms with van der Waals surface area (Å²) in [7, 11) is 0. The van der Waals surface area contributed by atoms with Crippen LogP contribution in [0.4, 0.5) is 17.1 Å². The molecule has 0 saturated heterocycles. The van der Waals surface area contributed by atoms with Crippen molar-refractivity contribution in [1.82, 2.24) is 4.57 Å². The standard InChI is InChI=1S/C54H36N2S/c1-3-15-37(16-4-1)38-29-31-41(32-30-38)55(50-26-10-7-21-44(50)39-17-5-2-6-18-39)43-33-34-47-46-22-8-11-27-51(46)56(52(47)36-43)42-20-13-19-40(35-42)45-24-14-25-49-48-23-9-12-28-53(48)57-54(45)49/h1-36H. The molecule has 0 unspecified atom stereocenters. The Morgan fingerprint density at radius 1 is 0.351 bits per heavy atom. The molecule has 57 heavy (non-hydrogen) atoms. The summed E-state index contributed by atoms with van der Waals surface area (Å²) in [4.78, 5) is 2.41. The molecule has 11 aromatic rings. The van der Waals surface area contributed by atoms with Crippen molar-refractivity contribution in [2.24, 2.45) is 0 Å². The Balaban J connectivity index is 1.11. The van der Waals surface area contributed by atoms with E-state index < -0.39 is 0 Å². The lowest BCUT2D eigenvalue weighted by Gasteiger charge is -2.28. The zero-order valence-electron chi connectivity index (χ0n) is 31.1. The van der Waals surface area contributed by atoms with Crippen LogP contribution in [0.2, 0.25) is 0 Å². The predicted molar refractivity (Wildman–Crippen MR) is 245 cm³/mol. The molecule has 0 atom stereocenters. The van der Waals surface area contributed by atoms with Crippen molar-refractivity contribution < 1.29 is 0 Å². The van der Waals surface area contributed by atoms with Gasteiger partial charge in [0, 0.05) is 53.6 Å². The second-order valence-electron chi connectivity index (χ2n) is 14.5. The van der Waals surface area contributed by atoms with E-state index in [0.717, 1.165) is 28.3 Å². The summed E-state index contributed by atoms with van der Waals surface area (Å²) in [5, 5.41) is 5.09. The predicted octanol–water partition coefficient (Wildman–Crippen LogP) is 15.6. The van der Waals surface area contributed by atoms with Gasteiger partial charge >= 0.3 is 0 Å². The zero-order valence-corrected chi connectivity index (χ0v) is 31.9. The molecule has 268 valence electrons. The minimum absolute atomic E-state index is 1.09. The molecule has 2 heterocycles. The van der Waals surface area contributed by atoms with Crippen molar-refractivity contribution in [1.29, 1.82) is 0 Å². The van der Waals surface area contributed by atoms with Gasteiger partial charge in [0.15, 0.2) is 0 Å². The number of para-hydroxylation sites is 2. The number of fused-ring (bicyclic) bond motifs is 6. The highest BCUT2D eigenvalue weighted by molar-refractivity contribution is 7.26. The Kier molecular flexibility index (Phi) is 8.04. The van der Waals surface area contributed by atoms with Crippen LogP contribution in [0, 0.1) is 0 Å². The molecule has 0 aliphatic carbocycles. The number of rotatable bonds is 7. The normalized spacial score (nSPS) is 11.5. The number of anilines is 3. The van der Waals surface area contributed by atoms with Gasteiger partial charge in [0.05, 0.1) is 16.7 Å². The lowest BCUT2D eigenvalue weighted by Crippen LogP contribution is -2.11. The second-order valence-corrected chi connectivity index (χ2v) is 15.6. The smallest absolute Gasteiger partial charge is 0.0561 e. The number of aromatic nitrogens is 1. The van der Waals surface area contributed by atoms with Crippen LogP contribution in [0.25, 0.3) is 81.0 Å². The van der Waals surface area contributed by atoms with Gasteiger partial charge in [0.25, 0.3) is 0 Å². The van der Waals surface area contributed by atoms with Crippen LogP contribution < -0.4 is 4.90 Å². The molecule has 0 spiro atoms. The van der Waals surface area contributed by atoms with E-state index in [-0.39, 0.29) is 0 Å². The Morgan fingerprint density at radius 2 is 0.947 bits per heavy atom. The highest BCUT2D eigenvalue weighted by Gasteiger charge is 2.21. The molecule has 0 aliphatic rings. The molecule has 9 aromatic carbocycles. The molecule has 0 saturated carbocycles. The van der Waals surface area contributed by atoms with Crippen LogP contribution in [-0.2, 0) is 0 Å². The first kappa shape index (κ1) is 33.2. The monoisotopic (exact) mass is 744 g/mol. The van der Waals surface area contributed by atoms with E-state index in [1.54, 1.807) is 0 Å². The number of hydrogen-bond donors (Lipinski definition) is 0. The molecule has 0 radical (unpaired) electrons. The maximum Gasteiger partial charge on any atom is 0.0561 e. The summed E-state index contributed by atoms with van der Waals surface area (Å²) < 4.78 is 5.09. The summed E-state index contributed by atoms with van der Waals surface area (Å²) in [5.74, 6) is 0. The highest BCUT2D eigenvalue weighted by atomic mass is 32.1. The van der Waals surface area contributed by atoms with Crippen LogP contribution >= 0.6 is 11.3 Å². The number of benzene rings is 9. The lowest BCUT2D eigenvalue weighted by molar-refractivity contribution is 1.18. The number of hydrogen-bond acceptors (Lipinski definition) is 2. The largest absolute Gasteiger partial charge is 0.310 e. The third kappa shape index (κ3) is 5.71. The Bertz CT molecular complexity index is 3230. The van der Waals surface area contributed by atoms with Gasteiger partial charge in [-0.15, -0.1) is 11.3 Å². The highest BCUT2D eigenvalue weighted by Crippen LogP contribution is 2.45. The minimum atomic E-state index is 1.09. The van der Waals surface area contributed by atoms with E-state index in [1.807, 2.05) is 11.3 Å². The molecule has 11 rings (SSSR count). The molecular formula is C54H36N2S. The SMILES string of the molecule is c1ccc(-c2ccc(N(c3ccc4c5ccccc5n(-c5cccc(-c6cccc7c6sc6ccccc67)c5)c4c3)c3ccccc3-c3ccccc3)cc2)cc1. The average molecular weight is 745 g/mol. The molecular weight excluding hydrogens is 709 g/mol. The summed E-state index contributed by atoms with van der Waals surface area (Å²) in [6.45, 7) is 0. The van der Waals surface area contributed by atoms with Crippen molar-refractivity contribution in [2.45, 2.75) is 0 Å². The van der Waals surface area contributed by atoms with Crippen molar-refractivity contribution >= 4 is 70.4 Å². The second kappa shape index (κ2) is 13.8. The maximum absolute atomic E-state index is 2.45. The van der Waals surface area contributed by atoms with Crippen LogP contribution in [0.1, 0.15) is 0 Å². The molecule has 2 nitrogen and oxygen atoms in total. The first-order valence-electron chi connectivity index (χ1n) is 19.4. The zero-order chi connectivity index (χ0) is 37.7. The van der Waals surface area contributed by atoms with E-state index in [0.29, 0.717) is 0 Å². The van der Waals surface area contributed by atoms with Gasteiger partial charge < -0.3 is 9.47 Å².